The Morgan fingerprint density at radius 1 is 1.12 bits per heavy atom. The highest BCUT2D eigenvalue weighted by Gasteiger charge is 2.12. The first-order valence-corrected chi connectivity index (χ1v) is 8.68. The van der Waals surface area contributed by atoms with Gasteiger partial charge in [-0.3, -0.25) is 9.59 Å². The second-order valence-electron chi connectivity index (χ2n) is 5.41. The van der Waals surface area contributed by atoms with Crippen molar-refractivity contribution < 1.29 is 9.59 Å². The second kappa shape index (κ2) is 8.18. The van der Waals surface area contributed by atoms with Crippen molar-refractivity contribution in [3.05, 3.63) is 47.6 Å². The maximum atomic E-state index is 11.9. The summed E-state index contributed by atoms with van der Waals surface area (Å²) in [5, 5.41) is 13.9. The minimum absolute atomic E-state index is 0.0766. The maximum Gasteiger partial charge on any atom is 0.240 e. The van der Waals surface area contributed by atoms with Gasteiger partial charge in [0.1, 0.15) is 11.6 Å². The molecule has 0 radical (unpaired) electrons. The Morgan fingerprint density at radius 3 is 2.69 bits per heavy atom. The first kappa shape index (κ1) is 17.5. The van der Waals surface area contributed by atoms with Crippen LogP contribution in [-0.4, -0.2) is 34.9 Å². The van der Waals surface area contributed by atoms with E-state index in [9.17, 15) is 9.59 Å². The number of nitrogens with one attached hydrogen (secondary N) is 2. The monoisotopic (exact) mass is 365 g/mol. The molecule has 26 heavy (non-hydrogen) atoms. The molecular weight excluding hydrogens is 350 g/mol. The Labute approximate surface area is 153 Å². The molecule has 7 nitrogen and oxygen atoms in total. The van der Waals surface area contributed by atoms with Crippen molar-refractivity contribution in [2.45, 2.75) is 6.42 Å². The summed E-state index contributed by atoms with van der Waals surface area (Å²) < 4.78 is 0.904. The number of pyridine rings is 1. The molecule has 2 amide bonds. The zero-order valence-corrected chi connectivity index (χ0v) is 14.5. The molecule has 130 valence electrons. The van der Waals surface area contributed by atoms with Crippen molar-refractivity contribution in [1.82, 2.24) is 20.6 Å². The molecule has 8 heteroatoms. The van der Waals surface area contributed by atoms with E-state index in [0.29, 0.717) is 10.7 Å². The van der Waals surface area contributed by atoms with Crippen LogP contribution >= 0.6 is 11.3 Å². The molecule has 0 saturated carbocycles. The third-order valence-corrected chi connectivity index (χ3v) is 4.51. The van der Waals surface area contributed by atoms with Gasteiger partial charge >= 0.3 is 0 Å². The Kier molecular flexibility index (Phi) is 5.51. The number of amides is 2. The first-order chi connectivity index (χ1) is 12.7. The van der Waals surface area contributed by atoms with Crippen LogP contribution in [0.2, 0.25) is 0 Å². The van der Waals surface area contributed by atoms with E-state index in [0.717, 1.165) is 15.8 Å². The van der Waals surface area contributed by atoms with Crippen LogP contribution in [0.15, 0.2) is 42.6 Å². The summed E-state index contributed by atoms with van der Waals surface area (Å²) in [6.07, 6.45) is 1.84. The molecule has 2 N–H and O–H groups in total. The van der Waals surface area contributed by atoms with Gasteiger partial charge in [-0.15, -0.1) is 11.3 Å². The van der Waals surface area contributed by atoms with Crippen molar-refractivity contribution in [3.8, 4) is 17.2 Å². The van der Waals surface area contributed by atoms with Crippen molar-refractivity contribution >= 4 is 33.5 Å². The predicted octanol–water partition coefficient (Wildman–Crippen LogP) is 1.66. The summed E-state index contributed by atoms with van der Waals surface area (Å²) in [6, 6.07) is 13.7. The molecule has 0 aliphatic rings. The lowest BCUT2D eigenvalue weighted by Crippen LogP contribution is -2.37. The van der Waals surface area contributed by atoms with Crippen molar-refractivity contribution in [2.75, 3.05) is 13.1 Å². The largest absolute Gasteiger partial charge is 0.347 e. The smallest absolute Gasteiger partial charge is 0.240 e. The van der Waals surface area contributed by atoms with Crippen LogP contribution in [-0.2, 0) is 16.0 Å². The number of aromatic nitrogens is 2. The molecule has 3 rings (SSSR count). The van der Waals surface area contributed by atoms with E-state index in [1.54, 1.807) is 12.3 Å². The van der Waals surface area contributed by atoms with Gasteiger partial charge in [-0.2, -0.15) is 5.26 Å². The lowest BCUT2D eigenvalue weighted by Gasteiger charge is -2.03. The van der Waals surface area contributed by atoms with Crippen LogP contribution in [0.1, 0.15) is 5.01 Å². The molecule has 1 aromatic carbocycles. The molecule has 0 fully saturated rings. The normalized spacial score (nSPS) is 10.3. The molecular formula is C18H15N5O2S. The lowest BCUT2D eigenvalue weighted by molar-refractivity contribution is -0.125. The Bertz CT molecular complexity index is 978. The number of nitriles is 1. The summed E-state index contributed by atoms with van der Waals surface area (Å²) in [5.74, 6) is -0.710. The van der Waals surface area contributed by atoms with Gasteiger partial charge < -0.3 is 10.6 Å². The van der Waals surface area contributed by atoms with E-state index in [2.05, 4.69) is 20.6 Å². The molecule has 2 aromatic heterocycles. The first-order valence-electron chi connectivity index (χ1n) is 7.87. The highest BCUT2D eigenvalue weighted by atomic mass is 32.1. The standard InChI is InChI=1S/C18H15N5O2S/c19-6-7-20-16(25)11-21-15(24)9-17-23-18-14(26-17)8-13(10-22-18)12-4-2-1-3-5-12/h1-5,8,10H,7,9,11H2,(H,20,25)(H,21,24). The molecule has 3 aromatic rings. The number of thiazole rings is 1. The summed E-state index contributed by atoms with van der Waals surface area (Å²) in [7, 11) is 0. The van der Waals surface area contributed by atoms with Crippen LogP contribution in [0, 0.1) is 11.3 Å². The average molecular weight is 365 g/mol. The van der Waals surface area contributed by atoms with Gasteiger partial charge in [0.2, 0.25) is 11.8 Å². The predicted molar refractivity (Wildman–Crippen MR) is 98.2 cm³/mol. The molecule has 0 spiro atoms. The number of carbonyl (C=O) groups is 2. The molecule has 2 heterocycles. The zero-order valence-electron chi connectivity index (χ0n) is 13.7. The Balaban J connectivity index is 1.65. The quantitative estimate of drug-likeness (QED) is 0.646. The summed E-state index contributed by atoms with van der Waals surface area (Å²) >= 11 is 1.40. The van der Waals surface area contributed by atoms with Gasteiger partial charge in [-0.25, -0.2) is 9.97 Å². The SMILES string of the molecule is N#CCNC(=O)CNC(=O)Cc1nc2ncc(-c3ccccc3)cc2s1. The van der Waals surface area contributed by atoms with Gasteiger partial charge in [0.15, 0.2) is 5.65 Å². The minimum Gasteiger partial charge on any atom is -0.347 e. The van der Waals surface area contributed by atoms with Gasteiger partial charge in [0.25, 0.3) is 0 Å². The fraction of sp³-hybridized carbons (Fsp3) is 0.167. The number of hydrogen-bond acceptors (Lipinski definition) is 6. The van der Waals surface area contributed by atoms with Crippen LogP contribution in [0.25, 0.3) is 21.5 Å². The van der Waals surface area contributed by atoms with E-state index in [1.165, 1.54) is 11.3 Å². The number of fused-ring (bicyclic) bond motifs is 1. The molecule has 0 aliphatic heterocycles. The van der Waals surface area contributed by atoms with Gasteiger partial charge in [-0.1, -0.05) is 30.3 Å². The summed E-state index contributed by atoms with van der Waals surface area (Å²) in [5.41, 5.74) is 2.66. The van der Waals surface area contributed by atoms with E-state index >= 15 is 0 Å². The van der Waals surface area contributed by atoms with Crippen LogP contribution in [0.3, 0.4) is 0 Å². The minimum atomic E-state index is -0.404. The number of rotatable bonds is 6. The van der Waals surface area contributed by atoms with Gasteiger partial charge in [0, 0.05) is 11.8 Å². The molecule has 0 unspecified atom stereocenters. The fourth-order valence-corrected chi connectivity index (χ4v) is 3.27. The molecule has 0 bridgehead atoms. The fourth-order valence-electron chi connectivity index (χ4n) is 2.31. The number of hydrogen-bond donors (Lipinski definition) is 2. The number of carbonyl (C=O) groups excluding carboxylic acids is 2. The zero-order chi connectivity index (χ0) is 18.4. The van der Waals surface area contributed by atoms with Gasteiger partial charge in [0.05, 0.1) is 23.7 Å². The second-order valence-corrected chi connectivity index (χ2v) is 6.52. The highest BCUT2D eigenvalue weighted by Crippen LogP contribution is 2.26. The molecule has 0 atom stereocenters. The van der Waals surface area contributed by atoms with Crippen molar-refractivity contribution in [3.63, 3.8) is 0 Å². The van der Waals surface area contributed by atoms with Crippen LogP contribution < -0.4 is 10.6 Å². The maximum absolute atomic E-state index is 11.9. The van der Waals surface area contributed by atoms with E-state index in [1.807, 2.05) is 36.4 Å². The van der Waals surface area contributed by atoms with Crippen molar-refractivity contribution in [1.29, 1.82) is 5.26 Å². The number of nitrogens with zero attached hydrogens (tertiary/aromatic N) is 3. The average Bonchev–Trinajstić information content (AvgIpc) is 3.06. The van der Waals surface area contributed by atoms with E-state index in [4.69, 9.17) is 5.26 Å². The summed E-state index contributed by atoms with van der Waals surface area (Å²) in [6.45, 7) is -0.246. The topological polar surface area (TPSA) is 108 Å². The molecule has 0 aliphatic carbocycles. The number of benzene rings is 1. The van der Waals surface area contributed by atoms with Crippen LogP contribution in [0.4, 0.5) is 0 Å². The third-order valence-electron chi connectivity index (χ3n) is 3.52. The van der Waals surface area contributed by atoms with E-state index in [-0.39, 0.29) is 25.4 Å². The van der Waals surface area contributed by atoms with Crippen LogP contribution in [0.5, 0.6) is 0 Å². The third kappa shape index (κ3) is 4.40. The Morgan fingerprint density at radius 2 is 1.92 bits per heavy atom. The summed E-state index contributed by atoms with van der Waals surface area (Å²) in [4.78, 5) is 32.1. The van der Waals surface area contributed by atoms with E-state index < -0.39 is 5.91 Å². The van der Waals surface area contributed by atoms with Crippen molar-refractivity contribution in [2.24, 2.45) is 0 Å². The molecule has 0 saturated heterocycles. The Hall–Kier alpha value is -3.31. The van der Waals surface area contributed by atoms with Gasteiger partial charge in [-0.05, 0) is 11.6 Å². The lowest BCUT2D eigenvalue weighted by atomic mass is 10.1. The highest BCUT2D eigenvalue weighted by molar-refractivity contribution is 7.18.